The molecular weight excluding hydrogens is 462 g/mol. The van der Waals surface area contributed by atoms with Gasteiger partial charge in [0.05, 0.1) is 5.57 Å². The predicted molar refractivity (Wildman–Crippen MR) is 150 cm³/mol. The third-order valence-electron chi connectivity index (χ3n) is 6.17. The van der Waals surface area contributed by atoms with Gasteiger partial charge in [-0.15, -0.1) is 0 Å². The molecule has 0 heterocycles. The Balaban J connectivity index is 1.65. The van der Waals surface area contributed by atoms with Crippen LogP contribution in [-0.2, 0) is 17.9 Å². The van der Waals surface area contributed by atoms with Gasteiger partial charge in [0, 0.05) is 29.6 Å². The van der Waals surface area contributed by atoms with Crippen LogP contribution in [0.1, 0.15) is 36.0 Å². The van der Waals surface area contributed by atoms with Crippen LogP contribution in [0.4, 0.5) is 5.69 Å². The Bertz CT molecular complexity index is 1230. The number of rotatable bonds is 11. The molecule has 4 aromatic rings. The van der Waals surface area contributed by atoms with Crippen molar-refractivity contribution in [3.8, 4) is 0 Å². The van der Waals surface area contributed by atoms with Gasteiger partial charge in [-0.05, 0) is 52.8 Å². The molecule has 0 bridgehead atoms. The maximum absolute atomic E-state index is 12.3. The van der Waals surface area contributed by atoms with Crippen LogP contribution in [0.25, 0.3) is 0 Å². The number of thioether (sulfide) groups is 1. The summed E-state index contributed by atoms with van der Waals surface area (Å²) < 4.78 is 0. The van der Waals surface area contributed by atoms with E-state index in [1.54, 1.807) is 5.41 Å². The Kier molecular flexibility index (Phi) is 9.01. The zero-order valence-electron chi connectivity index (χ0n) is 20.5. The molecule has 0 aliphatic carbocycles. The molecule has 0 aliphatic heterocycles. The van der Waals surface area contributed by atoms with Crippen molar-refractivity contribution < 1.29 is 9.90 Å². The molecule has 1 N–H and O–H groups in total. The lowest BCUT2D eigenvalue weighted by Gasteiger charge is -2.27. The number of nitrogens with zero attached hydrogens (tertiary/aromatic N) is 1. The molecule has 0 aromatic heterocycles. The highest BCUT2D eigenvalue weighted by atomic mass is 32.2. The number of carboxylic acid groups (broad SMARTS) is 1. The Morgan fingerprint density at radius 3 is 1.89 bits per heavy atom. The van der Waals surface area contributed by atoms with Crippen molar-refractivity contribution in [2.45, 2.75) is 37.2 Å². The molecule has 4 rings (SSSR count). The zero-order valence-corrected chi connectivity index (χ0v) is 21.3. The number of hydrogen-bond acceptors (Lipinski definition) is 3. The zero-order chi connectivity index (χ0) is 25.2. The summed E-state index contributed by atoms with van der Waals surface area (Å²) in [6, 6.07) is 39.1. The highest BCUT2D eigenvalue weighted by Crippen LogP contribution is 2.34. The van der Waals surface area contributed by atoms with E-state index < -0.39 is 5.97 Å². The molecule has 0 saturated carbocycles. The van der Waals surface area contributed by atoms with Crippen LogP contribution >= 0.6 is 11.8 Å². The minimum atomic E-state index is -0.874. The first-order chi connectivity index (χ1) is 17.6. The van der Waals surface area contributed by atoms with Crippen LogP contribution in [0, 0.1) is 0 Å². The van der Waals surface area contributed by atoms with E-state index in [1.165, 1.54) is 22.9 Å². The van der Waals surface area contributed by atoms with Crippen molar-refractivity contribution in [2.24, 2.45) is 0 Å². The van der Waals surface area contributed by atoms with Crippen molar-refractivity contribution in [2.75, 3.05) is 4.90 Å². The summed E-state index contributed by atoms with van der Waals surface area (Å²) in [5, 5.41) is 11.9. The first-order valence-electron chi connectivity index (χ1n) is 12.2. The molecule has 0 amide bonds. The first-order valence-corrected chi connectivity index (χ1v) is 13.1. The smallest absolute Gasteiger partial charge is 0.332 e. The van der Waals surface area contributed by atoms with Crippen LogP contribution in [0.3, 0.4) is 0 Å². The van der Waals surface area contributed by atoms with Gasteiger partial charge in [0.1, 0.15) is 0 Å². The molecule has 4 heteroatoms. The Labute approximate surface area is 218 Å². The van der Waals surface area contributed by atoms with Crippen LogP contribution in [0.15, 0.2) is 131 Å². The fourth-order valence-electron chi connectivity index (χ4n) is 4.33. The molecule has 4 aromatic carbocycles. The number of aliphatic carboxylic acids is 1. The molecule has 0 fully saturated rings. The summed E-state index contributed by atoms with van der Waals surface area (Å²) >= 11 is 1.46. The van der Waals surface area contributed by atoms with Crippen LogP contribution < -0.4 is 4.90 Å². The number of hydrogen-bond donors (Lipinski definition) is 1. The van der Waals surface area contributed by atoms with E-state index in [9.17, 15) is 9.90 Å². The van der Waals surface area contributed by atoms with Gasteiger partial charge >= 0.3 is 5.97 Å². The van der Waals surface area contributed by atoms with E-state index in [0.29, 0.717) is 12.0 Å². The molecule has 0 radical (unpaired) electrons. The fraction of sp³-hybridized carbons (Fsp3) is 0.156. The van der Waals surface area contributed by atoms with Gasteiger partial charge in [-0.2, -0.15) is 0 Å². The molecule has 0 spiro atoms. The maximum atomic E-state index is 12.3. The minimum Gasteiger partial charge on any atom is -0.478 e. The van der Waals surface area contributed by atoms with Gasteiger partial charge in [0.25, 0.3) is 0 Å². The van der Waals surface area contributed by atoms with E-state index in [-0.39, 0.29) is 5.92 Å². The molecule has 0 aliphatic rings. The van der Waals surface area contributed by atoms with E-state index in [2.05, 4.69) is 65.6 Å². The molecule has 36 heavy (non-hydrogen) atoms. The fourth-order valence-corrected chi connectivity index (χ4v) is 5.17. The van der Waals surface area contributed by atoms with Gasteiger partial charge in [0.15, 0.2) is 0 Å². The lowest BCUT2D eigenvalue weighted by atomic mass is 9.89. The third-order valence-corrected chi connectivity index (χ3v) is 7.08. The average Bonchev–Trinajstić information content (AvgIpc) is 2.92. The van der Waals surface area contributed by atoms with Gasteiger partial charge in [0.2, 0.25) is 0 Å². The minimum absolute atomic E-state index is 0.200. The lowest BCUT2D eigenvalue weighted by molar-refractivity contribution is -0.133. The second kappa shape index (κ2) is 12.8. The van der Waals surface area contributed by atoms with E-state index >= 15 is 0 Å². The van der Waals surface area contributed by atoms with Gasteiger partial charge in [-0.3, -0.25) is 0 Å². The van der Waals surface area contributed by atoms with E-state index in [1.807, 2.05) is 61.5 Å². The summed E-state index contributed by atoms with van der Waals surface area (Å²) in [5.74, 6) is -1.07. The Hall–Kier alpha value is -3.76. The van der Waals surface area contributed by atoms with E-state index in [0.717, 1.165) is 29.2 Å². The van der Waals surface area contributed by atoms with Crippen LogP contribution in [0.2, 0.25) is 0 Å². The number of anilines is 1. The van der Waals surface area contributed by atoms with Crippen LogP contribution in [0.5, 0.6) is 0 Å². The normalized spacial score (nSPS) is 12.2. The van der Waals surface area contributed by atoms with Crippen molar-refractivity contribution in [1.82, 2.24) is 0 Å². The third kappa shape index (κ3) is 6.89. The van der Waals surface area contributed by atoms with Crippen molar-refractivity contribution in [1.29, 1.82) is 0 Å². The Morgan fingerprint density at radius 2 is 1.36 bits per heavy atom. The summed E-state index contributed by atoms with van der Waals surface area (Å²) in [4.78, 5) is 15.7. The lowest BCUT2D eigenvalue weighted by Crippen LogP contribution is -2.22. The summed E-state index contributed by atoms with van der Waals surface area (Å²) in [6.45, 7) is 3.58. The summed E-state index contributed by atoms with van der Waals surface area (Å²) in [6.07, 6.45) is 0.703. The SMILES string of the molecule is CC[C@@H](C(=CSc1ccccc1)C(=O)O)c1cccc(N(Cc2ccccc2)Cc2ccccc2)c1. The molecule has 0 saturated heterocycles. The van der Waals surface area contributed by atoms with Crippen molar-refractivity contribution in [3.63, 3.8) is 0 Å². The molecule has 182 valence electrons. The van der Waals surface area contributed by atoms with Crippen LogP contribution in [-0.4, -0.2) is 11.1 Å². The number of benzene rings is 4. The number of carboxylic acids is 1. The highest BCUT2D eigenvalue weighted by molar-refractivity contribution is 8.02. The molecule has 0 unspecified atom stereocenters. The maximum Gasteiger partial charge on any atom is 0.332 e. The standard InChI is InChI=1S/C32H31NO2S/c1-2-30(31(32(34)35)24-36-29-19-10-5-11-20-29)27-17-12-18-28(21-27)33(22-25-13-6-3-7-14-25)23-26-15-8-4-9-16-26/h3-21,24,30H,2,22-23H2,1H3,(H,34,35)/t30-/m1/s1. The highest BCUT2D eigenvalue weighted by Gasteiger charge is 2.22. The summed E-state index contributed by atoms with van der Waals surface area (Å²) in [7, 11) is 0. The van der Waals surface area contributed by atoms with E-state index in [4.69, 9.17) is 0 Å². The average molecular weight is 494 g/mol. The molecule has 1 atom stereocenters. The Morgan fingerprint density at radius 1 is 0.806 bits per heavy atom. The first kappa shape index (κ1) is 25.3. The largest absolute Gasteiger partial charge is 0.478 e. The second-order valence-corrected chi connectivity index (χ2v) is 9.64. The quantitative estimate of drug-likeness (QED) is 0.169. The molecule has 3 nitrogen and oxygen atoms in total. The second-order valence-electron chi connectivity index (χ2n) is 8.69. The van der Waals surface area contributed by atoms with Gasteiger partial charge < -0.3 is 10.0 Å². The number of carbonyl (C=O) groups is 1. The molecular formula is C32H31NO2S. The topological polar surface area (TPSA) is 40.5 Å². The monoisotopic (exact) mass is 493 g/mol. The van der Waals surface area contributed by atoms with Gasteiger partial charge in [-0.1, -0.05) is 110 Å². The predicted octanol–water partition coefficient (Wildman–Crippen LogP) is 8.15. The van der Waals surface area contributed by atoms with Gasteiger partial charge in [-0.25, -0.2) is 4.79 Å². The van der Waals surface area contributed by atoms with Crippen molar-refractivity contribution in [3.05, 3.63) is 143 Å². The van der Waals surface area contributed by atoms with Crippen molar-refractivity contribution >= 4 is 23.4 Å². The summed E-state index contributed by atoms with van der Waals surface area (Å²) in [5.41, 5.74) is 4.98.